The van der Waals surface area contributed by atoms with Crippen LogP contribution in [-0.4, -0.2) is 28.1 Å². The van der Waals surface area contributed by atoms with E-state index in [1.165, 1.54) is 11.3 Å². The maximum Gasteiger partial charge on any atom is 0.326 e. The Hall–Kier alpha value is -1.63. The number of aromatic nitrogens is 1. The lowest BCUT2D eigenvalue weighted by atomic mass is 9.87. The summed E-state index contributed by atoms with van der Waals surface area (Å²) in [7, 11) is 0. The van der Waals surface area contributed by atoms with Gasteiger partial charge in [0.05, 0.1) is 5.54 Å². The predicted molar refractivity (Wildman–Crippen MR) is 77.7 cm³/mol. The van der Waals surface area contributed by atoms with E-state index in [-0.39, 0.29) is 0 Å². The maximum absolute atomic E-state index is 12.0. The fourth-order valence-corrected chi connectivity index (χ4v) is 2.40. The van der Waals surface area contributed by atoms with E-state index in [9.17, 15) is 14.7 Å². The minimum Gasteiger partial charge on any atom is -0.480 e. The molecule has 0 aromatic carbocycles. The zero-order chi connectivity index (χ0) is 15.6. The molecule has 1 atom stereocenters. The molecule has 1 heterocycles. The number of urea groups is 1. The first-order chi connectivity index (χ1) is 9.04. The van der Waals surface area contributed by atoms with E-state index in [1.807, 2.05) is 19.2 Å². The van der Waals surface area contributed by atoms with Gasteiger partial charge in [-0.1, -0.05) is 20.8 Å². The monoisotopic (exact) mass is 299 g/mol. The summed E-state index contributed by atoms with van der Waals surface area (Å²) in [5, 5.41) is 17.0. The highest BCUT2D eigenvalue weighted by Gasteiger charge is 2.34. The van der Waals surface area contributed by atoms with E-state index in [0.29, 0.717) is 0 Å². The number of nitrogens with zero attached hydrogens (tertiary/aromatic N) is 1. The molecule has 0 radical (unpaired) electrons. The van der Waals surface area contributed by atoms with Crippen LogP contribution in [0.3, 0.4) is 0 Å². The molecule has 0 aliphatic heterocycles. The highest BCUT2D eigenvalue weighted by atomic mass is 32.1. The van der Waals surface area contributed by atoms with Crippen LogP contribution in [0, 0.1) is 5.41 Å². The normalized spacial score (nSPS) is 13.7. The van der Waals surface area contributed by atoms with E-state index < -0.39 is 29.0 Å². The number of carbonyl (C=O) groups excluding carboxylic acids is 1. The SMILES string of the molecule is CC(C)(NC(=O)N[C@@H](C(=O)O)C(C)(C)C)c1nccs1. The van der Waals surface area contributed by atoms with Gasteiger partial charge in [-0.15, -0.1) is 11.3 Å². The Labute approximate surface area is 122 Å². The zero-order valence-electron chi connectivity index (χ0n) is 12.4. The maximum atomic E-state index is 12.0. The number of carbonyl (C=O) groups is 2. The Morgan fingerprint density at radius 3 is 2.30 bits per heavy atom. The van der Waals surface area contributed by atoms with Crippen molar-refractivity contribution in [2.45, 2.75) is 46.2 Å². The smallest absolute Gasteiger partial charge is 0.326 e. The predicted octanol–water partition coefficient (Wildman–Crippen LogP) is 2.18. The quantitative estimate of drug-likeness (QED) is 0.794. The number of aliphatic carboxylic acids is 1. The first-order valence-corrected chi connectivity index (χ1v) is 7.13. The second kappa shape index (κ2) is 5.78. The molecule has 1 aromatic rings. The number of hydrogen-bond acceptors (Lipinski definition) is 4. The third-order valence-corrected chi connectivity index (χ3v) is 3.88. The lowest BCUT2D eigenvalue weighted by molar-refractivity contribution is -0.141. The van der Waals surface area contributed by atoms with Crippen LogP contribution in [0.1, 0.15) is 39.6 Å². The summed E-state index contributed by atoms with van der Waals surface area (Å²) in [5.41, 5.74) is -1.23. The molecule has 0 unspecified atom stereocenters. The first kappa shape index (κ1) is 16.4. The molecule has 1 rings (SSSR count). The molecule has 0 bridgehead atoms. The van der Waals surface area contributed by atoms with Crippen molar-refractivity contribution in [2.75, 3.05) is 0 Å². The third kappa shape index (κ3) is 4.19. The molecule has 0 aliphatic rings. The lowest BCUT2D eigenvalue weighted by Crippen LogP contribution is -2.55. The Morgan fingerprint density at radius 1 is 1.30 bits per heavy atom. The fraction of sp³-hybridized carbons (Fsp3) is 0.615. The van der Waals surface area contributed by atoms with Crippen molar-refractivity contribution in [2.24, 2.45) is 5.41 Å². The zero-order valence-corrected chi connectivity index (χ0v) is 13.2. The van der Waals surface area contributed by atoms with Gasteiger partial charge in [0.25, 0.3) is 0 Å². The third-order valence-electron chi connectivity index (χ3n) is 2.78. The summed E-state index contributed by atoms with van der Waals surface area (Å²) in [6, 6.07) is -1.48. The number of hydrogen-bond donors (Lipinski definition) is 3. The number of carboxylic acid groups (broad SMARTS) is 1. The molecule has 20 heavy (non-hydrogen) atoms. The molecule has 6 nitrogen and oxygen atoms in total. The van der Waals surface area contributed by atoms with Crippen molar-refractivity contribution in [3.05, 3.63) is 16.6 Å². The lowest BCUT2D eigenvalue weighted by Gasteiger charge is -2.30. The van der Waals surface area contributed by atoms with E-state index in [2.05, 4.69) is 15.6 Å². The van der Waals surface area contributed by atoms with E-state index in [1.54, 1.807) is 27.0 Å². The summed E-state index contributed by atoms with van der Waals surface area (Å²) < 4.78 is 0. The van der Waals surface area contributed by atoms with Crippen LogP contribution in [0.25, 0.3) is 0 Å². The summed E-state index contributed by atoms with van der Waals surface area (Å²) >= 11 is 1.43. The number of rotatable bonds is 4. The molecule has 7 heteroatoms. The van der Waals surface area contributed by atoms with Gasteiger partial charge in [-0.3, -0.25) is 0 Å². The van der Waals surface area contributed by atoms with Gasteiger partial charge in [-0.2, -0.15) is 0 Å². The van der Waals surface area contributed by atoms with Gasteiger partial charge in [0.1, 0.15) is 11.0 Å². The van der Waals surface area contributed by atoms with Crippen LogP contribution in [-0.2, 0) is 10.3 Å². The molecule has 0 saturated carbocycles. The molecule has 0 fully saturated rings. The van der Waals surface area contributed by atoms with E-state index >= 15 is 0 Å². The average Bonchev–Trinajstić information content (AvgIpc) is 2.77. The minimum absolute atomic E-state index is 0.521. The van der Waals surface area contributed by atoms with Crippen molar-refractivity contribution >= 4 is 23.3 Å². The second-order valence-electron chi connectivity index (χ2n) is 6.20. The summed E-state index contributed by atoms with van der Waals surface area (Å²) in [4.78, 5) is 27.4. The molecule has 0 spiro atoms. The van der Waals surface area contributed by atoms with Gasteiger partial charge in [0, 0.05) is 11.6 Å². The Morgan fingerprint density at radius 2 is 1.90 bits per heavy atom. The van der Waals surface area contributed by atoms with E-state index in [4.69, 9.17) is 0 Å². The molecule has 1 aromatic heterocycles. The molecule has 3 N–H and O–H groups in total. The highest BCUT2D eigenvalue weighted by Crippen LogP contribution is 2.23. The van der Waals surface area contributed by atoms with Crippen molar-refractivity contribution < 1.29 is 14.7 Å². The Balaban J connectivity index is 2.74. The number of amides is 2. The number of thiazole rings is 1. The largest absolute Gasteiger partial charge is 0.480 e. The van der Waals surface area contributed by atoms with Gasteiger partial charge in [-0.05, 0) is 19.3 Å². The fourth-order valence-electron chi connectivity index (χ4n) is 1.69. The molecule has 112 valence electrons. The first-order valence-electron chi connectivity index (χ1n) is 6.25. The van der Waals surface area contributed by atoms with Crippen LogP contribution >= 0.6 is 11.3 Å². The average molecular weight is 299 g/mol. The summed E-state index contributed by atoms with van der Waals surface area (Å²) in [5.74, 6) is -1.06. The summed E-state index contributed by atoms with van der Waals surface area (Å²) in [6.07, 6.45) is 1.66. The van der Waals surface area contributed by atoms with E-state index in [0.717, 1.165) is 5.01 Å². The number of carboxylic acids is 1. The molecule has 0 aliphatic carbocycles. The van der Waals surface area contributed by atoms with Crippen molar-refractivity contribution in [1.82, 2.24) is 15.6 Å². The molecule has 0 saturated heterocycles. The van der Waals surface area contributed by atoms with Gasteiger partial charge >= 0.3 is 12.0 Å². The van der Waals surface area contributed by atoms with Gasteiger partial charge in [0.15, 0.2) is 0 Å². The Kier molecular flexibility index (Phi) is 4.75. The topological polar surface area (TPSA) is 91.3 Å². The molecular formula is C13H21N3O3S. The second-order valence-corrected chi connectivity index (χ2v) is 7.09. The van der Waals surface area contributed by atoms with Crippen LogP contribution < -0.4 is 10.6 Å². The van der Waals surface area contributed by atoms with Crippen molar-refractivity contribution in [1.29, 1.82) is 0 Å². The molecular weight excluding hydrogens is 278 g/mol. The summed E-state index contributed by atoms with van der Waals surface area (Å²) in [6.45, 7) is 8.92. The molecule has 2 amide bonds. The van der Waals surface area contributed by atoms with Crippen LogP contribution in [0.15, 0.2) is 11.6 Å². The van der Waals surface area contributed by atoms with Crippen LogP contribution in [0.5, 0.6) is 0 Å². The Bertz CT molecular complexity index is 478. The van der Waals surface area contributed by atoms with Crippen molar-refractivity contribution in [3.8, 4) is 0 Å². The van der Waals surface area contributed by atoms with Crippen LogP contribution in [0.2, 0.25) is 0 Å². The highest BCUT2D eigenvalue weighted by molar-refractivity contribution is 7.09. The van der Waals surface area contributed by atoms with Gasteiger partial charge in [0.2, 0.25) is 0 Å². The number of nitrogens with one attached hydrogen (secondary N) is 2. The van der Waals surface area contributed by atoms with Gasteiger partial charge in [-0.25, -0.2) is 14.6 Å². The van der Waals surface area contributed by atoms with Crippen molar-refractivity contribution in [3.63, 3.8) is 0 Å². The van der Waals surface area contributed by atoms with Gasteiger partial charge < -0.3 is 15.7 Å². The van der Waals surface area contributed by atoms with Crippen LogP contribution in [0.4, 0.5) is 4.79 Å². The standard InChI is InChI=1S/C13H21N3O3S/c1-12(2,3)8(9(17)18)15-11(19)16-13(4,5)10-14-6-7-20-10/h6-8H,1-5H3,(H,17,18)(H2,15,16,19)/t8-/m0/s1. The minimum atomic E-state index is -1.06.